The van der Waals surface area contributed by atoms with Crippen LogP contribution in [0.3, 0.4) is 0 Å². The molecule has 0 spiro atoms. The van der Waals surface area contributed by atoms with Crippen LogP contribution in [0.4, 0.5) is 10.1 Å². The topological polar surface area (TPSA) is 133 Å². The number of sulfonamides is 1. The average molecular weight is 560 g/mol. The van der Waals surface area contributed by atoms with Crippen molar-refractivity contribution in [2.24, 2.45) is 10.3 Å². The van der Waals surface area contributed by atoms with Crippen molar-refractivity contribution < 1.29 is 31.1 Å². The molecule has 2 fully saturated rings. The number of benzene rings is 2. The average Bonchev–Trinajstić information content (AvgIpc) is 3.49. The van der Waals surface area contributed by atoms with Crippen LogP contribution in [0.15, 0.2) is 63.1 Å². The summed E-state index contributed by atoms with van der Waals surface area (Å²) in [4.78, 5) is 15.1. The Morgan fingerprint density at radius 2 is 1.79 bits per heavy atom. The van der Waals surface area contributed by atoms with Gasteiger partial charge in [0.05, 0.1) is 16.7 Å². The number of hydrogen-bond acceptors (Lipinski definition) is 7. The van der Waals surface area contributed by atoms with Crippen molar-refractivity contribution >= 4 is 37.3 Å². The van der Waals surface area contributed by atoms with E-state index in [-0.39, 0.29) is 52.0 Å². The summed E-state index contributed by atoms with van der Waals surface area (Å²) in [6.07, 6.45) is 3.04. The molecule has 0 radical (unpaired) electrons. The number of carbonyl (C=O) groups is 1. The highest BCUT2D eigenvalue weighted by molar-refractivity contribution is 7.92. The Labute approximate surface area is 220 Å². The van der Waals surface area contributed by atoms with E-state index >= 15 is 0 Å². The second kappa shape index (κ2) is 8.91. The number of hydrogen-bond donors (Lipinski definition) is 2. The fourth-order valence-electron chi connectivity index (χ4n) is 6.07. The van der Waals surface area contributed by atoms with Gasteiger partial charge in [-0.3, -0.25) is 4.79 Å². The van der Waals surface area contributed by atoms with Crippen LogP contribution in [-0.4, -0.2) is 50.4 Å². The SMILES string of the molecule is O=C1C(C2=NS(=O)(=O)c3cc(C4CCCS4(=O)=O)ccc3N2)=C(O)[C@@H]2CCC[C@@H]2N1Cc1ccc(F)cc1. The molecule has 1 saturated carbocycles. The monoisotopic (exact) mass is 559 g/mol. The first-order valence-electron chi connectivity index (χ1n) is 12.5. The van der Waals surface area contributed by atoms with Crippen molar-refractivity contribution in [3.8, 4) is 0 Å². The number of amidine groups is 1. The number of nitrogens with one attached hydrogen (secondary N) is 1. The molecule has 4 aliphatic rings. The summed E-state index contributed by atoms with van der Waals surface area (Å²) in [5.41, 5.74) is 1.05. The standard InChI is InChI=1S/C26H26FN3O6S2/c27-17-9-6-15(7-10-17)14-30-20-4-1-3-18(20)24(31)23(26(30)32)25-28-19-11-8-16(13-22(19)38(35,36)29-25)21-5-2-12-37(21,33)34/h6-11,13,18,20-21,31H,1-5,12,14H2,(H,28,29)/t18-,20+,21?/m1/s1. The van der Waals surface area contributed by atoms with Crippen molar-refractivity contribution in [3.63, 3.8) is 0 Å². The van der Waals surface area contributed by atoms with E-state index in [1.54, 1.807) is 23.1 Å². The first-order chi connectivity index (χ1) is 18.0. The second-order valence-corrected chi connectivity index (χ2v) is 14.1. The molecular weight excluding hydrogens is 533 g/mol. The summed E-state index contributed by atoms with van der Waals surface area (Å²) in [7, 11) is -7.66. The van der Waals surface area contributed by atoms with Gasteiger partial charge < -0.3 is 15.3 Å². The van der Waals surface area contributed by atoms with Gasteiger partial charge in [0.15, 0.2) is 15.7 Å². The minimum Gasteiger partial charge on any atom is -0.511 e. The lowest BCUT2D eigenvalue weighted by Gasteiger charge is -2.39. The van der Waals surface area contributed by atoms with E-state index in [2.05, 4.69) is 9.71 Å². The first kappa shape index (κ1) is 25.1. The van der Waals surface area contributed by atoms with E-state index in [1.807, 2.05) is 0 Å². The fourth-order valence-corrected chi connectivity index (χ4v) is 9.17. The van der Waals surface area contributed by atoms with Gasteiger partial charge in [-0.1, -0.05) is 24.6 Å². The number of anilines is 1. The largest absolute Gasteiger partial charge is 0.511 e. The van der Waals surface area contributed by atoms with Crippen LogP contribution >= 0.6 is 0 Å². The highest BCUT2D eigenvalue weighted by Gasteiger charge is 2.46. The molecule has 200 valence electrons. The maximum atomic E-state index is 13.7. The van der Waals surface area contributed by atoms with Gasteiger partial charge in [-0.2, -0.15) is 8.42 Å². The van der Waals surface area contributed by atoms with Crippen LogP contribution in [0.5, 0.6) is 0 Å². The maximum Gasteiger partial charge on any atom is 0.286 e. The Morgan fingerprint density at radius 1 is 1.03 bits per heavy atom. The summed E-state index contributed by atoms with van der Waals surface area (Å²) in [6.45, 7) is 0.174. The molecule has 2 N–H and O–H groups in total. The minimum absolute atomic E-state index is 0.0637. The molecule has 2 aromatic rings. The summed E-state index contributed by atoms with van der Waals surface area (Å²) in [5.74, 6) is -1.72. The van der Waals surface area contributed by atoms with Crippen LogP contribution in [0.25, 0.3) is 0 Å². The number of sulfone groups is 1. The zero-order valence-corrected chi connectivity index (χ0v) is 21.9. The molecule has 3 aliphatic heterocycles. The smallest absolute Gasteiger partial charge is 0.286 e. The molecule has 1 saturated heterocycles. The Hall–Kier alpha value is -3.25. The quantitative estimate of drug-likeness (QED) is 0.585. The molecular formula is C26H26FN3O6S2. The molecule has 1 aliphatic carbocycles. The molecule has 38 heavy (non-hydrogen) atoms. The van der Waals surface area contributed by atoms with Crippen LogP contribution in [-0.2, 0) is 31.2 Å². The molecule has 0 aromatic heterocycles. The first-order valence-corrected chi connectivity index (χ1v) is 15.7. The molecule has 12 heteroatoms. The Morgan fingerprint density at radius 3 is 2.50 bits per heavy atom. The van der Waals surface area contributed by atoms with E-state index in [9.17, 15) is 31.1 Å². The molecule has 6 rings (SSSR count). The van der Waals surface area contributed by atoms with Gasteiger partial charge in [0.1, 0.15) is 22.0 Å². The molecule has 2 aromatic carbocycles. The lowest BCUT2D eigenvalue weighted by molar-refractivity contribution is -0.132. The number of fused-ring (bicyclic) bond motifs is 2. The van der Waals surface area contributed by atoms with Gasteiger partial charge in [-0.15, -0.1) is 4.40 Å². The summed E-state index contributed by atoms with van der Waals surface area (Å²) in [6, 6.07) is 9.91. The van der Waals surface area contributed by atoms with Gasteiger partial charge in [-0.25, -0.2) is 12.8 Å². The van der Waals surface area contributed by atoms with E-state index in [1.165, 1.54) is 24.3 Å². The van der Waals surface area contributed by atoms with Crippen molar-refractivity contribution in [1.82, 2.24) is 4.90 Å². The van der Waals surface area contributed by atoms with Crippen molar-refractivity contribution in [2.45, 2.75) is 54.8 Å². The molecule has 9 nitrogen and oxygen atoms in total. The summed E-state index contributed by atoms with van der Waals surface area (Å²) >= 11 is 0. The number of rotatable bonds is 4. The third-order valence-corrected chi connectivity index (χ3v) is 11.5. The van der Waals surface area contributed by atoms with Crippen LogP contribution in [0.1, 0.15) is 48.5 Å². The predicted octanol–water partition coefficient (Wildman–Crippen LogP) is 3.61. The molecule has 1 unspecified atom stereocenters. The number of halogens is 1. The lowest BCUT2D eigenvalue weighted by Crippen LogP contribution is -2.49. The van der Waals surface area contributed by atoms with Gasteiger partial charge in [0, 0.05) is 18.5 Å². The zero-order valence-electron chi connectivity index (χ0n) is 20.3. The normalized spacial score (nSPS) is 27.5. The fraction of sp³-hybridized carbons (Fsp3) is 0.385. The molecule has 0 bridgehead atoms. The van der Waals surface area contributed by atoms with Crippen molar-refractivity contribution in [1.29, 1.82) is 0 Å². The maximum absolute atomic E-state index is 13.7. The van der Waals surface area contributed by atoms with Crippen LogP contribution in [0.2, 0.25) is 0 Å². The Balaban J connectivity index is 1.37. The lowest BCUT2D eigenvalue weighted by atomic mass is 9.89. The van der Waals surface area contributed by atoms with E-state index in [0.717, 1.165) is 6.42 Å². The highest BCUT2D eigenvalue weighted by Crippen LogP contribution is 2.43. The van der Waals surface area contributed by atoms with Crippen LogP contribution in [0, 0.1) is 11.7 Å². The summed E-state index contributed by atoms with van der Waals surface area (Å²) < 4.78 is 68.6. The Kier molecular flexibility index (Phi) is 5.87. The molecule has 3 atom stereocenters. The van der Waals surface area contributed by atoms with E-state index in [0.29, 0.717) is 36.8 Å². The van der Waals surface area contributed by atoms with Gasteiger partial charge in [0.2, 0.25) is 0 Å². The number of amides is 1. The van der Waals surface area contributed by atoms with Crippen molar-refractivity contribution in [3.05, 3.63) is 70.7 Å². The molecule has 3 heterocycles. The van der Waals surface area contributed by atoms with Gasteiger partial charge in [0.25, 0.3) is 15.9 Å². The number of aliphatic hydroxyl groups is 1. The van der Waals surface area contributed by atoms with E-state index < -0.39 is 36.8 Å². The summed E-state index contributed by atoms with van der Waals surface area (Å²) in [5, 5.41) is 13.3. The third kappa shape index (κ3) is 4.10. The molecule has 1 amide bonds. The minimum atomic E-state index is -4.31. The number of carbonyl (C=O) groups excluding carboxylic acids is 1. The number of nitrogens with zero attached hydrogens (tertiary/aromatic N) is 2. The van der Waals surface area contributed by atoms with Crippen molar-refractivity contribution in [2.75, 3.05) is 11.1 Å². The van der Waals surface area contributed by atoms with Gasteiger partial charge in [-0.05, 0) is 61.1 Å². The third-order valence-electron chi connectivity index (χ3n) is 7.91. The van der Waals surface area contributed by atoms with E-state index in [4.69, 9.17) is 0 Å². The number of aliphatic hydroxyl groups excluding tert-OH is 1. The second-order valence-electron chi connectivity index (χ2n) is 10.2. The zero-order chi connectivity index (χ0) is 26.8. The predicted molar refractivity (Wildman–Crippen MR) is 138 cm³/mol. The Bertz CT molecular complexity index is 1620. The van der Waals surface area contributed by atoms with Gasteiger partial charge >= 0.3 is 0 Å². The highest BCUT2D eigenvalue weighted by atomic mass is 32.2. The van der Waals surface area contributed by atoms with Crippen LogP contribution < -0.4 is 5.32 Å².